The second-order valence-corrected chi connectivity index (χ2v) is 5.45. The van der Waals surface area contributed by atoms with Crippen LogP contribution in [0.4, 0.5) is 13.2 Å². The molecule has 0 heterocycles. The summed E-state index contributed by atoms with van der Waals surface area (Å²) in [7, 11) is 0.601. The molecule has 0 amide bonds. The molecule has 2 aromatic rings. The van der Waals surface area contributed by atoms with E-state index in [1.54, 1.807) is 24.3 Å². The van der Waals surface area contributed by atoms with Gasteiger partial charge in [0.25, 0.3) is 0 Å². The van der Waals surface area contributed by atoms with Crippen LogP contribution in [0.2, 0.25) is 0 Å². The minimum Gasteiger partial charge on any atom is -0.419 e. The van der Waals surface area contributed by atoms with Gasteiger partial charge in [-0.05, 0) is 31.0 Å². The Labute approximate surface area is 118 Å². The van der Waals surface area contributed by atoms with Crippen molar-refractivity contribution in [2.24, 2.45) is 0 Å². The van der Waals surface area contributed by atoms with E-state index in [2.05, 4.69) is 0 Å². The lowest BCUT2D eigenvalue weighted by molar-refractivity contribution is 0.123. The van der Waals surface area contributed by atoms with Crippen molar-refractivity contribution in [1.29, 1.82) is 0 Å². The fourth-order valence-corrected chi connectivity index (χ4v) is 2.15. The second kappa shape index (κ2) is 5.42. The summed E-state index contributed by atoms with van der Waals surface area (Å²) < 4.78 is 45.3. The molecule has 5 heteroatoms. The molecular formula is C15H15F3OSi. The van der Waals surface area contributed by atoms with Crippen LogP contribution < -0.4 is 0 Å². The maximum atomic E-state index is 13.7. The van der Waals surface area contributed by atoms with Crippen LogP contribution >= 0.6 is 0 Å². The van der Waals surface area contributed by atoms with Crippen LogP contribution in [-0.2, 0) is 10.0 Å². The van der Waals surface area contributed by atoms with Crippen LogP contribution in [0.1, 0.15) is 19.4 Å². The average molecular weight is 296 g/mol. The predicted molar refractivity (Wildman–Crippen MR) is 75.8 cm³/mol. The smallest absolute Gasteiger partial charge is 0.161 e. The van der Waals surface area contributed by atoms with Gasteiger partial charge in [-0.1, -0.05) is 24.3 Å². The van der Waals surface area contributed by atoms with Gasteiger partial charge in [0.2, 0.25) is 0 Å². The molecule has 2 aromatic carbocycles. The largest absolute Gasteiger partial charge is 0.419 e. The highest BCUT2D eigenvalue weighted by Gasteiger charge is 2.19. The SMILES string of the molecule is CC(C)(O[SiH3])c1ccc(-c2cc(F)c(F)cc2F)cc1. The van der Waals surface area contributed by atoms with Gasteiger partial charge in [0.1, 0.15) is 16.3 Å². The summed E-state index contributed by atoms with van der Waals surface area (Å²) in [6, 6.07) is 8.38. The molecule has 0 saturated heterocycles. The molecule has 0 aromatic heterocycles. The molecule has 0 bridgehead atoms. The standard InChI is InChI=1S/C15H15F3OSi/c1-15(2,19-20)10-5-3-9(4-6-10)11-7-13(17)14(18)8-12(11)16/h3-8H,1-2,20H3. The third-order valence-electron chi connectivity index (χ3n) is 3.41. The van der Waals surface area contributed by atoms with Gasteiger partial charge in [0.15, 0.2) is 11.6 Å². The van der Waals surface area contributed by atoms with Crippen molar-refractivity contribution < 1.29 is 17.6 Å². The summed E-state index contributed by atoms with van der Waals surface area (Å²) in [6.45, 7) is 3.88. The normalized spacial score (nSPS) is 11.8. The fraction of sp³-hybridized carbons (Fsp3) is 0.200. The Hall–Kier alpha value is -1.59. The highest BCUT2D eigenvalue weighted by Crippen LogP contribution is 2.29. The Bertz CT molecular complexity index is 624. The minimum atomic E-state index is -1.19. The van der Waals surface area contributed by atoms with E-state index in [9.17, 15) is 13.2 Å². The molecule has 0 atom stereocenters. The van der Waals surface area contributed by atoms with Gasteiger partial charge in [-0.15, -0.1) is 0 Å². The Kier molecular flexibility index (Phi) is 4.01. The van der Waals surface area contributed by atoms with Gasteiger partial charge in [-0.25, -0.2) is 13.2 Å². The van der Waals surface area contributed by atoms with Crippen LogP contribution in [0.3, 0.4) is 0 Å². The van der Waals surface area contributed by atoms with Gasteiger partial charge in [0.05, 0.1) is 5.60 Å². The zero-order valence-corrected chi connectivity index (χ0v) is 13.5. The van der Waals surface area contributed by atoms with Crippen molar-refractivity contribution in [3.8, 4) is 11.1 Å². The van der Waals surface area contributed by atoms with Crippen LogP contribution in [0.25, 0.3) is 11.1 Å². The van der Waals surface area contributed by atoms with Gasteiger partial charge in [-0.2, -0.15) is 0 Å². The van der Waals surface area contributed by atoms with E-state index < -0.39 is 23.1 Å². The predicted octanol–water partition coefficient (Wildman–Crippen LogP) is 3.30. The quantitative estimate of drug-likeness (QED) is 0.624. The first-order valence-electron chi connectivity index (χ1n) is 6.16. The Morgan fingerprint density at radius 1 is 0.900 bits per heavy atom. The minimum absolute atomic E-state index is 0.0417. The second-order valence-electron chi connectivity index (χ2n) is 5.04. The van der Waals surface area contributed by atoms with Crippen LogP contribution in [0, 0.1) is 17.5 Å². The molecule has 0 radical (unpaired) electrons. The van der Waals surface area contributed by atoms with E-state index in [1.165, 1.54) is 0 Å². The molecule has 2 rings (SSSR count). The Balaban J connectivity index is 2.43. The van der Waals surface area contributed by atoms with E-state index in [-0.39, 0.29) is 5.56 Å². The molecule has 0 N–H and O–H groups in total. The first kappa shape index (κ1) is 14.8. The first-order chi connectivity index (χ1) is 9.35. The van der Waals surface area contributed by atoms with Crippen LogP contribution in [-0.4, -0.2) is 10.5 Å². The number of hydrogen-bond acceptors (Lipinski definition) is 1. The first-order valence-corrected chi connectivity index (χ1v) is 6.97. The van der Waals surface area contributed by atoms with Crippen molar-refractivity contribution in [2.45, 2.75) is 19.4 Å². The maximum Gasteiger partial charge on any atom is 0.161 e. The van der Waals surface area contributed by atoms with E-state index in [0.29, 0.717) is 22.1 Å². The molecule has 0 saturated carbocycles. The average Bonchev–Trinajstić information content (AvgIpc) is 2.43. The molecule has 1 nitrogen and oxygen atoms in total. The van der Waals surface area contributed by atoms with E-state index >= 15 is 0 Å². The third-order valence-corrected chi connectivity index (χ3v) is 4.43. The zero-order valence-electron chi connectivity index (χ0n) is 11.5. The Morgan fingerprint density at radius 2 is 1.45 bits per heavy atom. The topological polar surface area (TPSA) is 9.23 Å². The molecule has 0 spiro atoms. The van der Waals surface area contributed by atoms with E-state index in [0.717, 1.165) is 11.6 Å². The van der Waals surface area contributed by atoms with Crippen LogP contribution in [0.5, 0.6) is 0 Å². The van der Waals surface area contributed by atoms with Gasteiger partial charge in [0, 0.05) is 11.6 Å². The number of benzene rings is 2. The number of halogens is 3. The molecule has 0 unspecified atom stereocenters. The summed E-state index contributed by atoms with van der Waals surface area (Å²) in [5, 5.41) is 0. The lowest BCUT2D eigenvalue weighted by atomic mass is 9.95. The molecule has 0 fully saturated rings. The molecular weight excluding hydrogens is 281 g/mol. The molecule has 0 aliphatic rings. The summed E-state index contributed by atoms with van der Waals surface area (Å²) in [6.07, 6.45) is 0. The van der Waals surface area contributed by atoms with Crippen molar-refractivity contribution in [2.75, 3.05) is 0 Å². The molecule has 0 aliphatic carbocycles. The maximum absolute atomic E-state index is 13.7. The van der Waals surface area contributed by atoms with E-state index in [1.807, 2.05) is 13.8 Å². The summed E-state index contributed by atoms with van der Waals surface area (Å²) in [4.78, 5) is 0. The Morgan fingerprint density at radius 3 is 2.00 bits per heavy atom. The zero-order chi connectivity index (χ0) is 14.9. The monoisotopic (exact) mass is 296 g/mol. The van der Waals surface area contributed by atoms with Crippen molar-refractivity contribution in [1.82, 2.24) is 0 Å². The van der Waals surface area contributed by atoms with Crippen molar-refractivity contribution in [3.05, 3.63) is 59.4 Å². The van der Waals surface area contributed by atoms with Gasteiger partial charge >= 0.3 is 0 Å². The van der Waals surface area contributed by atoms with Crippen LogP contribution in [0.15, 0.2) is 36.4 Å². The summed E-state index contributed by atoms with van der Waals surface area (Å²) in [5.74, 6) is -3.03. The molecule has 106 valence electrons. The lowest BCUT2D eigenvalue weighted by Gasteiger charge is -2.24. The summed E-state index contributed by atoms with van der Waals surface area (Å²) >= 11 is 0. The van der Waals surface area contributed by atoms with Gasteiger partial charge < -0.3 is 4.43 Å². The third kappa shape index (κ3) is 2.78. The molecule has 20 heavy (non-hydrogen) atoms. The lowest BCUT2D eigenvalue weighted by Crippen LogP contribution is -2.19. The highest BCUT2D eigenvalue weighted by atomic mass is 28.2. The number of hydrogen-bond donors (Lipinski definition) is 0. The van der Waals surface area contributed by atoms with Crippen molar-refractivity contribution >= 4 is 10.5 Å². The summed E-state index contributed by atoms with van der Waals surface area (Å²) in [5.41, 5.74) is 1.07. The van der Waals surface area contributed by atoms with E-state index in [4.69, 9.17) is 4.43 Å². The number of rotatable bonds is 3. The van der Waals surface area contributed by atoms with Gasteiger partial charge in [-0.3, -0.25) is 0 Å². The fourth-order valence-electron chi connectivity index (χ4n) is 1.91. The van der Waals surface area contributed by atoms with Crippen molar-refractivity contribution in [3.63, 3.8) is 0 Å². The molecule has 0 aliphatic heterocycles. The highest BCUT2D eigenvalue weighted by molar-refractivity contribution is 5.98.